The molecule has 1 saturated heterocycles. The van der Waals surface area contributed by atoms with Gasteiger partial charge in [0.1, 0.15) is 0 Å². The molecule has 0 amide bonds. The summed E-state index contributed by atoms with van der Waals surface area (Å²) < 4.78 is 23.0. The smallest absolute Gasteiger partial charge is 0.0234 e. The van der Waals surface area contributed by atoms with E-state index in [2.05, 4.69) is 36.1 Å². The summed E-state index contributed by atoms with van der Waals surface area (Å²) in [5.74, 6) is 0. The minimum absolute atomic E-state index is 0.599. The van der Waals surface area contributed by atoms with Crippen molar-refractivity contribution in [2.24, 2.45) is 0 Å². The Labute approximate surface area is 105 Å². The normalized spacial score (nSPS) is 20.4. The lowest BCUT2D eigenvalue weighted by Crippen LogP contribution is -2.46. The molecule has 0 aromatic heterocycles. The maximum Gasteiger partial charge on any atom is 0.0234 e. The van der Waals surface area contributed by atoms with Crippen molar-refractivity contribution in [3.8, 4) is 0 Å². The van der Waals surface area contributed by atoms with Gasteiger partial charge in [-0.05, 0) is 12.5 Å². The van der Waals surface area contributed by atoms with Crippen LogP contribution >= 0.6 is 0 Å². The molecule has 1 atom stereocenters. The predicted octanol–water partition coefficient (Wildman–Crippen LogP) is 0.907. The molecule has 1 fully saturated rings. The minimum atomic E-state index is -2.06. The summed E-state index contributed by atoms with van der Waals surface area (Å²) in [5.41, 5.74) is 2.56. The van der Waals surface area contributed by atoms with E-state index in [9.17, 15) is 8.76 Å². The Morgan fingerprint density at radius 1 is 1.29 bits per heavy atom. The van der Waals surface area contributed by atoms with Crippen molar-refractivity contribution in [3.05, 3.63) is 35.4 Å². The largest absolute Gasteiger partial charge is 0.760 e. The van der Waals surface area contributed by atoms with Gasteiger partial charge in [-0.2, -0.15) is 0 Å². The topological polar surface area (TPSA) is 46.6 Å². The van der Waals surface area contributed by atoms with Gasteiger partial charge in [0.25, 0.3) is 0 Å². The van der Waals surface area contributed by atoms with Crippen LogP contribution in [0.3, 0.4) is 0 Å². The van der Waals surface area contributed by atoms with Gasteiger partial charge in [0.2, 0.25) is 0 Å². The first-order valence-electron chi connectivity index (χ1n) is 5.77. The first-order valence-corrected chi connectivity index (χ1v) is 6.80. The van der Waals surface area contributed by atoms with E-state index >= 15 is 0 Å². The quantitative estimate of drug-likeness (QED) is 0.752. The molecule has 1 aliphatic rings. The second-order valence-corrected chi connectivity index (χ2v) is 5.36. The van der Waals surface area contributed by atoms with Gasteiger partial charge in [0.05, 0.1) is 0 Å². The zero-order valence-corrected chi connectivity index (χ0v) is 10.8. The third kappa shape index (κ3) is 3.61. The second-order valence-electron chi connectivity index (χ2n) is 4.41. The van der Waals surface area contributed by atoms with Gasteiger partial charge >= 0.3 is 0 Å². The van der Waals surface area contributed by atoms with E-state index in [1.165, 1.54) is 15.4 Å². The lowest BCUT2D eigenvalue weighted by Gasteiger charge is -2.35. The highest BCUT2D eigenvalue weighted by atomic mass is 32.2. The maximum absolute atomic E-state index is 10.8. The molecule has 2 rings (SSSR count). The molecular weight excluding hydrogens is 236 g/mol. The molecule has 4 nitrogen and oxygen atoms in total. The molecule has 1 heterocycles. The second kappa shape index (κ2) is 5.73. The first kappa shape index (κ1) is 12.7. The van der Waals surface area contributed by atoms with E-state index in [1.807, 2.05) is 0 Å². The standard InChI is InChI=1S/C12H18N2O2S/c1-11-3-2-4-12(9-11)10-13-5-7-14(8-6-13)17(15)16/h2-4,9H,5-8,10H2,1H3,(H,15,16)/p-1. The molecule has 94 valence electrons. The average Bonchev–Trinajstić information content (AvgIpc) is 2.29. The van der Waals surface area contributed by atoms with Crippen LogP contribution in [0.15, 0.2) is 24.3 Å². The molecule has 5 heteroatoms. The molecule has 0 bridgehead atoms. The Morgan fingerprint density at radius 2 is 2.00 bits per heavy atom. The van der Waals surface area contributed by atoms with Gasteiger partial charge in [-0.1, -0.05) is 29.8 Å². The molecule has 0 N–H and O–H groups in total. The summed E-state index contributed by atoms with van der Waals surface area (Å²) in [6, 6.07) is 8.44. The van der Waals surface area contributed by atoms with Crippen LogP contribution in [0.2, 0.25) is 0 Å². The van der Waals surface area contributed by atoms with E-state index in [4.69, 9.17) is 0 Å². The van der Waals surface area contributed by atoms with Crippen molar-refractivity contribution in [1.29, 1.82) is 0 Å². The van der Waals surface area contributed by atoms with Gasteiger partial charge in [0, 0.05) is 44.0 Å². The zero-order chi connectivity index (χ0) is 12.3. The summed E-state index contributed by atoms with van der Waals surface area (Å²) >= 11 is -2.06. The number of rotatable bonds is 3. The third-order valence-electron chi connectivity index (χ3n) is 3.03. The van der Waals surface area contributed by atoms with E-state index in [-0.39, 0.29) is 0 Å². The highest BCUT2D eigenvalue weighted by Crippen LogP contribution is 2.10. The van der Waals surface area contributed by atoms with Crippen molar-refractivity contribution in [2.45, 2.75) is 13.5 Å². The van der Waals surface area contributed by atoms with Gasteiger partial charge in [-0.25, -0.2) is 4.31 Å². The lowest BCUT2D eigenvalue weighted by molar-refractivity contribution is 0.179. The third-order valence-corrected chi connectivity index (χ3v) is 3.82. The van der Waals surface area contributed by atoms with E-state index in [0.717, 1.165) is 19.6 Å². The number of hydrogen-bond acceptors (Lipinski definition) is 3. The van der Waals surface area contributed by atoms with Crippen LogP contribution in [0.4, 0.5) is 0 Å². The van der Waals surface area contributed by atoms with Gasteiger partial charge in [-0.15, -0.1) is 0 Å². The predicted molar refractivity (Wildman–Crippen MR) is 66.9 cm³/mol. The van der Waals surface area contributed by atoms with Crippen LogP contribution in [-0.4, -0.2) is 44.1 Å². The maximum atomic E-state index is 10.8. The Kier molecular flexibility index (Phi) is 4.28. The number of piperazine rings is 1. The van der Waals surface area contributed by atoms with Crippen molar-refractivity contribution >= 4 is 11.3 Å². The summed E-state index contributed by atoms with van der Waals surface area (Å²) in [6.45, 7) is 5.80. The SMILES string of the molecule is Cc1cccc(CN2CCN(S(=O)[O-])CC2)c1. The summed E-state index contributed by atoms with van der Waals surface area (Å²) in [4.78, 5) is 2.29. The molecule has 0 aliphatic carbocycles. The fourth-order valence-electron chi connectivity index (χ4n) is 2.11. The van der Waals surface area contributed by atoms with Crippen LogP contribution in [-0.2, 0) is 17.8 Å². The average molecular weight is 253 g/mol. The molecule has 1 aromatic carbocycles. The fraction of sp³-hybridized carbons (Fsp3) is 0.500. The molecular formula is C12H17N2O2S-. The van der Waals surface area contributed by atoms with Crippen molar-refractivity contribution in [1.82, 2.24) is 9.21 Å². The number of aryl methyl sites for hydroxylation is 1. The minimum Gasteiger partial charge on any atom is -0.760 e. The molecule has 0 radical (unpaired) electrons. The van der Waals surface area contributed by atoms with Gasteiger partial charge < -0.3 is 4.55 Å². The molecule has 0 saturated carbocycles. The van der Waals surface area contributed by atoms with Gasteiger partial charge in [0.15, 0.2) is 0 Å². The molecule has 1 unspecified atom stereocenters. The van der Waals surface area contributed by atoms with Crippen LogP contribution in [0.25, 0.3) is 0 Å². The van der Waals surface area contributed by atoms with Crippen LogP contribution < -0.4 is 0 Å². The lowest BCUT2D eigenvalue weighted by atomic mass is 10.1. The molecule has 17 heavy (non-hydrogen) atoms. The van der Waals surface area contributed by atoms with Crippen LogP contribution in [0, 0.1) is 6.92 Å². The Bertz CT molecular complexity index is 403. The number of benzene rings is 1. The number of hydrogen-bond donors (Lipinski definition) is 0. The highest BCUT2D eigenvalue weighted by molar-refractivity contribution is 7.76. The first-order chi connectivity index (χ1) is 8.15. The summed E-state index contributed by atoms with van der Waals surface area (Å²) in [6.07, 6.45) is 0. The van der Waals surface area contributed by atoms with E-state index in [0.29, 0.717) is 13.1 Å². The van der Waals surface area contributed by atoms with Crippen LogP contribution in [0.1, 0.15) is 11.1 Å². The van der Waals surface area contributed by atoms with E-state index < -0.39 is 11.3 Å². The number of nitrogens with zero attached hydrogens (tertiary/aromatic N) is 2. The van der Waals surface area contributed by atoms with E-state index in [1.54, 1.807) is 0 Å². The summed E-state index contributed by atoms with van der Waals surface area (Å²) in [7, 11) is 0. The molecule has 1 aliphatic heterocycles. The zero-order valence-electron chi connectivity index (χ0n) is 9.96. The summed E-state index contributed by atoms with van der Waals surface area (Å²) in [5, 5.41) is 0. The molecule has 1 aromatic rings. The van der Waals surface area contributed by atoms with Crippen molar-refractivity contribution in [3.63, 3.8) is 0 Å². The highest BCUT2D eigenvalue weighted by Gasteiger charge is 2.17. The monoisotopic (exact) mass is 253 g/mol. The van der Waals surface area contributed by atoms with Crippen LogP contribution in [0.5, 0.6) is 0 Å². The Hall–Kier alpha value is -0.750. The van der Waals surface area contributed by atoms with Crippen molar-refractivity contribution < 1.29 is 8.76 Å². The Balaban J connectivity index is 1.88. The van der Waals surface area contributed by atoms with Gasteiger partial charge in [-0.3, -0.25) is 9.11 Å². The Morgan fingerprint density at radius 3 is 2.59 bits per heavy atom. The van der Waals surface area contributed by atoms with Crippen molar-refractivity contribution in [2.75, 3.05) is 26.2 Å². The molecule has 0 spiro atoms. The fourth-order valence-corrected chi connectivity index (χ4v) is 2.57.